The van der Waals surface area contributed by atoms with Crippen molar-refractivity contribution >= 4 is 35.2 Å². The summed E-state index contributed by atoms with van der Waals surface area (Å²) in [6.45, 7) is 3.73. The van der Waals surface area contributed by atoms with Gasteiger partial charge in [0.15, 0.2) is 0 Å². The third-order valence-corrected chi connectivity index (χ3v) is 4.67. The molecule has 0 saturated carbocycles. The summed E-state index contributed by atoms with van der Waals surface area (Å²) in [5.74, 6) is -0.257. The number of benzene rings is 2. The van der Waals surface area contributed by atoms with Crippen LogP contribution in [0.5, 0.6) is 0 Å². The van der Waals surface area contributed by atoms with E-state index in [1.165, 1.54) is 0 Å². The molecule has 0 spiro atoms. The first-order chi connectivity index (χ1) is 12.6. The Morgan fingerprint density at radius 2 is 1.81 bits per heavy atom. The molecule has 0 unspecified atom stereocenters. The standard InChI is InChI=1S/C21H16Cl2N2O/c1-2-14-8-11-19(24-13-14)20(15-6-4-3-5-7-15)25-21(26)16-9-10-17(22)18(23)12-16/h2-13,20H,1H2,(H,25,26)/t20-/m0/s1. The van der Waals surface area contributed by atoms with E-state index in [-0.39, 0.29) is 5.91 Å². The number of nitrogens with one attached hydrogen (secondary N) is 1. The molecular weight excluding hydrogens is 367 g/mol. The Balaban J connectivity index is 1.93. The number of amides is 1. The fourth-order valence-electron chi connectivity index (χ4n) is 2.53. The molecule has 0 radical (unpaired) electrons. The zero-order valence-corrected chi connectivity index (χ0v) is 15.3. The molecular formula is C21H16Cl2N2O. The lowest BCUT2D eigenvalue weighted by Crippen LogP contribution is -2.30. The van der Waals surface area contributed by atoms with Crippen molar-refractivity contribution in [1.29, 1.82) is 0 Å². The van der Waals surface area contributed by atoms with E-state index < -0.39 is 6.04 Å². The van der Waals surface area contributed by atoms with E-state index in [0.717, 1.165) is 16.8 Å². The van der Waals surface area contributed by atoms with Gasteiger partial charge >= 0.3 is 0 Å². The molecule has 1 aromatic heterocycles. The summed E-state index contributed by atoms with van der Waals surface area (Å²) in [5.41, 5.74) is 3.01. The molecule has 130 valence electrons. The van der Waals surface area contributed by atoms with Crippen molar-refractivity contribution in [2.24, 2.45) is 0 Å². The molecule has 1 atom stereocenters. The number of hydrogen-bond acceptors (Lipinski definition) is 2. The van der Waals surface area contributed by atoms with Crippen LogP contribution in [-0.2, 0) is 0 Å². The van der Waals surface area contributed by atoms with E-state index in [0.29, 0.717) is 15.6 Å². The molecule has 0 aliphatic heterocycles. The lowest BCUT2D eigenvalue weighted by Gasteiger charge is -2.19. The molecule has 3 aromatic rings. The number of pyridine rings is 1. The van der Waals surface area contributed by atoms with Crippen LogP contribution in [0.4, 0.5) is 0 Å². The van der Waals surface area contributed by atoms with Crippen molar-refractivity contribution in [2.45, 2.75) is 6.04 Å². The van der Waals surface area contributed by atoms with Crippen LogP contribution in [-0.4, -0.2) is 10.9 Å². The fraction of sp³-hybridized carbons (Fsp3) is 0.0476. The molecule has 3 rings (SSSR count). The van der Waals surface area contributed by atoms with Crippen molar-refractivity contribution in [1.82, 2.24) is 10.3 Å². The predicted molar refractivity (Wildman–Crippen MR) is 107 cm³/mol. The van der Waals surface area contributed by atoms with Gasteiger partial charge in [0.05, 0.1) is 21.8 Å². The molecule has 0 fully saturated rings. The minimum absolute atomic E-state index is 0.257. The minimum Gasteiger partial charge on any atom is -0.340 e. The minimum atomic E-state index is -0.392. The van der Waals surface area contributed by atoms with Crippen LogP contribution in [0.2, 0.25) is 10.0 Å². The normalized spacial score (nSPS) is 11.6. The van der Waals surface area contributed by atoms with Crippen molar-refractivity contribution in [3.63, 3.8) is 0 Å². The first-order valence-corrected chi connectivity index (χ1v) is 8.73. The number of halogens is 2. The number of carbonyl (C=O) groups is 1. The van der Waals surface area contributed by atoms with Crippen LogP contribution in [0.3, 0.4) is 0 Å². The topological polar surface area (TPSA) is 42.0 Å². The van der Waals surface area contributed by atoms with Gasteiger partial charge in [-0.05, 0) is 35.4 Å². The molecule has 3 nitrogen and oxygen atoms in total. The number of nitrogens with zero attached hydrogens (tertiary/aromatic N) is 1. The largest absolute Gasteiger partial charge is 0.340 e. The van der Waals surface area contributed by atoms with Gasteiger partial charge in [0.25, 0.3) is 5.91 Å². The molecule has 0 bridgehead atoms. The summed E-state index contributed by atoms with van der Waals surface area (Å²) in [7, 11) is 0. The molecule has 0 aliphatic carbocycles. The van der Waals surface area contributed by atoms with E-state index >= 15 is 0 Å². The Morgan fingerprint density at radius 1 is 1.04 bits per heavy atom. The van der Waals surface area contributed by atoms with Crippen molar-refractivity contribution < 1.29 is 4.79 Å². The SMILES string of the molecule is C=Cc1ccc([C@@H](NC(=O)c2ccc(Cl)c(Cl)c2)c2ccccc2)nc1. The van der Waals surface area contributed by atoms with E-state index in [2.05, 4.69) is 16.9 Å². The molecule has 0 aliphatic rings. The molecule has 26 heavy (non-hydrogen) atoms. The second-order valence-corrected chi connectivity index (χ2v) is 6.48. The van der Waals surface area contributed by atoms with Gasteiger partial charge in [0.1, 0.15) is 0 Å². The zero-order chi connectivity index (χ0) is 18.5. The van der Waals surface area contributed by atoms with Crippen LogP contribution < -0.4 is 5.32 Å². The molecule has 1 N–H and O–H groups in total. The van der Waals surface area contributed by atoms with Crippen molar-refractivity contribution in [3.8, 4) is 0 Å². The van der Waals surface area contributed by atoms with E-state index in [4.69, 9.17) is 23.2 Å². The third-order valence-electron chi connectivity index (χ3n) is 3.93. The Kier molecular flexibility index (Phi) is 5.71. The van der Waals surface area contributed by atoms with E-state index in [1.807, 2.05) is 42.5 Å². The highest BCUT2D eigenvalue weighted by atomic mass is 35.5. The molecule has 0 saturated heterocycles. The highest BCUT2D eigenvalue weighted by molar-refractivity contribution is 6.42. The van der Waals surface area contributed by atoms with Crippen LogP contribution in [0.1, 0.15) is 33.2 Å². The highest BCUT2D eigenvalue weighted by Gasteiger charge is 2.19. The van der Waals surface area contributed by atoms with E-state index in [1.54, 1.807) is 30.5 Å². The maximum atomic E-state index is 12.7. The zero-order valence-electron chi connectivity index (χ0n) is 13.8. The second-order valence-electron chi connectivity index (χ2n) is 5.67. The highest BCUT2D eigenvalue weighted by Crippen LogP contribution is 2.24. The number of carbonyl (C=O) groups excluding carboxylic acids is 1. The molecule has 2 aromatic carbocycles. The van der Waals surface area contributed by atoms with Crippen LogP contribution in [0.15, 0.2) is 73.4 Å². The summed E-state index contributed by atoms with van der Waals surface area (Å²) in [4.78, 5) is 17.2. The summed E-state index contributed by atoms with van der Waals surface area (Å²) in [6, 6.07) is 17.9. The van der Waals surface area contributed by atoms with Crippen LogP contribution >= 0.6 is 23.2 Å². The van der Waals surface area contributed by atoms with Gasteiger partial charge in [-0.2, -0.15) is 0 Å². The molecule has 5 heteroatoms. The lowest BCUT2D eigenvalue weighted by molar-refractivity contribution is 0.0942. The van der Waals surface area contributed by atoms with Crippen molar-refractivity contribution in [2.75, 3.05) is 0 Å². The number of hydrogen-bond donors (Lipinski definition) is 1. The van der Waals surface area contributed by atoms with Crippen LogP contribution in [0.25, 0.3) is 6.08 Å². The predicted octanol–water partition coefficient (Wildman–Crippen LogP) is 5.55. The Hall–Kier alpha value is -2.62. The maximum absolute atomic E-state index is 12.7. The van der Waals surface area contributed by atoms with Gasteiger partial charge < -0.3 is 5.32 Å². The van der Waals surface area contributed by atoms with Gasteiger partial charge in [-0.3, -0.25) is 9.78 Å². The van der Waals surface area contributed by atoms with Gasteiger partial charge in [-0.1, -0.05) is 72.3 Å². The first-order valence-electron chi connectivity index (χ1n) is 7.97. The summed E-state index contributed by atoms with van der Waals surface area (Å²) < 4.78 is 0. The van der Waals surface area contributed by atoms with Gasteiger partial charge in [-0.25, -0.2) is 0 Å². The maximum Gasteiger partial charge on any atom is 0.252 e. The summed E-state index contributed by atoms with van der Waals surface area (Å²) in [5, 5.41) is 3.77. The summed E-state index contributed by atoms with van der Waals surface area (Å²) >= 11 is 12.0. The van der Waals surface area contributed by atoms with Gasteiger partial charge in [0.2, 0.25) is 0 Å². The lowest BCUT2D eigenvalue weighted by atomic mass is 10.0. The Bertz CT molecular complexity index is 925. The number of rotatable bonds is 5. The smallest absolute Gasteiger partial charge is 0.252 e. The number of aromatic nitrogens is 1. The second kappa shape index (κ2) is 8.17. The Labute approximate surface area is 162 Å². The molecule has 1 heterocycles. The third kappa shape index (κ3) is 4.13. The van der Waals surface area contributed by atoms with Gasteiger partial charge in [0, 0.05) is 11.8 Å². The van der Waals surface area contributed by atoms with Crippen molar-refractivity contribution in [3.05, 3.63) is 106 Å². The first kappa shape index (κ1) is 18.2. The average molecular weight is 383 g/mol. The average Bonchev–Trinajstić information content (AvgIpc) is 2.69. The summed E-state index contributed by atoms with van der Waals surface area (Å²) in [6.07, 6.45) is 3.45. The van der Waals surface area contributed by atoms with Crippen LogP contribution in [0, 0.1) is 0 Å². The quantitative estimate of drug-likeness (QED) is 0.628. The monoisotopic (exact) mass is 382 g/mol. The van der Waals surface area contributed by atoms with E-state index in [9.17, 15) is 4.79 Å². The van der Waals surface area contributed by atoms with Gasteiger partial charge in [-0.15, -0.1) is 0 Å². The fourth-order valence-corrected chi connectivity index (χ4v) is 2.83. The Morgan fingerprint density at radius 3 is 2.42 bits per heavy atom. The molecule has 1 amide bonds.